The second-order valence-electron chi connectivity index (χ2n) is 5.67. The summed E-state index contributed by atoms with van der Waals surface area (Å²) in [5, 5.41) is 17.7. The summed E-state index contributed by atoms with van der Waals surface area (Å²) in [5.41, 5.74) is 1.92. The molecule has 0 aliphatic heterocycles. The number of aliphatic carboxylic acids is 2. The number of rotatable bonds is 6. The molecule has 2 rings (SSSR count). The molecule has 0 fully saturated rings. The molecule has 0 saturated heterocycles. The molecule has 1 amide bonds. The zero-order chi connectivity index (χ0) is 20.2. The van der Waals surface area contributed by atoms with Crippen LogP contribution in [0.2, 0.25) is 0 Å². The van der Waals surface area contributed by atoms with Crippen LogP contribution in [-0.4, -0.2) is 46.6 Å². The summed E-state index contributed by atoms with van der Waals surface area (Å²) >= 11 is 0. The van der Waals surface area contributed by atoms with Crippen molar-refractivity contribution in [2.24, 2.45) is 0 Å². The summed E-state index contributed by atoms with van der Waals surface area (Å²) in [4.78, 5) is 31.9. The third-order valence-corrected chi connectivity index (χ3v) is 3.27. The standard InChI is InChI=1S/C17H19FN2O.C2H2O4/c1-20(12-15-8-5-9-16(18)10-15)13-17(21)19-11-14-6-3-2-4-7-14;3-1(4)2(5)6/h2-10H,11-13H2,1H3,(H,19,21);(H,3,4)(H,5,6). The lowest BCUT2D eigenvalue weighted by Gasteiger charge is -2.16. The van der Waals surface area contributed by atoms with Gasteiger partial charge in [0.1, 0.15) is 5.82 Å². The minimum absolute atomic E-state index is 0.0437. The molecule has 0 atom stereocenters. The number of amides is 1. The van der Waals surface area contributed by atoms with Crippen molar-refractivity contribution in [3.05, 3.63) is 71.5 Å². The molecule has 3 N–H and O–H groups in total. The summed E-state index contributed by atoms with van der Waals surface area (Å²) in [7, 11) is 1.84. The van der Waals surface area contributed by atoms with Crippen molar-refractivity contribution in [3.63, 3.8) is 0 Å². The Balaban J connectivity index is 0.000000527. The van der Waals surface area contributed by atoms with Crippen LogP contribution >= 0.6 is 0 Å². The van der Waals surface area contributed by atoms with Crippen molar-refractivity contribution in [1.82, 2.24) is 10.2 Å². The van der Waals surface area contributed by atoms with Gasteiger partial charge in [0.05, 0.1) is 6.54 Å². The maximum absolute atomic E-state index is 13.1. The maximum atomic E-state index is 13.1. The number of nitrogens with zero attached hydrogens (tertiary/aromatic N) is 1. The molecule has 0 heterocycles. The Morgan fingerprint density at radius 2 is 1.56 bits per heavy atom. The predicted molar refractivity (Wildman–Crippen MR) is 96.3 cm³/mol. The van der Waals surface area contributed by atoms with Crippen LogP contribution in [0, 0.1) is 5.82 Å². The molecule has 0 unspecified atom stereocenters. The van der Waals surface area contributed by atoms with Crippen LogP contribution < -0.4 is 5.32 Å². The fourth-order valence-corrected chi connectivity index (χ4v) is 2.10. The van der Waals surface area contributed by atoms with Crippen molar-refractivity contribution >= 4 is 17.8 Å². The average molecular weight is 376 g/mol. The van der Waals surface area contributed by atoms with Crippen LogP contribution in [0.5, 0.6) is 0 Å². The van der Waals surface area contributed by atoms with E-state index in [0.717, 1.165) is 11.1 Å². The third kappa shape index (κ3) is 9.71. The van der Waals surface area contributed by atoms with E-state index in [4.69, 9.17) is 19.8 Å². The van der Waals surface area contributed by atoms with Gasteiger partial charge in [0.15, 0.2) is 0 Å². The molecule has 0 aromatic heterocycles. The molecule has 0 spiro atoms. The molecule has 7 nitrogen and oxygen atoms in total. The number of halogens is 1. The van der Waals surface area contributed by atoms with Crippen LogP contribution in [-0.2, 0) is 27.5 Å². The summed E-state index contributed by atoms with van der Waals surface area (Å²) in [6.07, 6.45) is 0. The van der Waals surface area contributed by atoms with E-state index in [1.807, 2.05) is 48.3 Å². The van der Waals surface area contributed by atoms with Crippen molar-refractivity contribution in [1.29, 1.82) is 0 Å². The van der Waals surface area contributed by atoms with Gasteiger partial charge >= 0.3 is 11.9 Å². The van der Waals surface area contributed by atoms with E-state index in [9.17, 15) is 9.18 Å². The Morgan fingerprint density at radius 1 is 0.963 bits per heavy atom. The molecule has 0 aliphatic carbocycles. The topological polar surface area (TPSA) is 107 Å². The highest BCUT2D eigenvalue weighted by Gasteiger charge is 2.07. The molecular formula is C19H21FN2O5. The molecule has 2 aromatic rings. The van der Waals surface area contributed by atoms with Crippen LogP contribution in [0.4, 0.5) is 4.39 Å². The first-order valence-electron chi connectivity index (χ1n) is 7.97. The first kappa shape index (κ1) is 21.8. The highest BCUT2D eigenvalue weighted by Crippen LogP contribution is 2.06. The number of carboxylic acids is 2. The summed E-state index contributed by atoms with van der Waals surface area (Å²) < 4.78 is 13.1. The largest absolute Gasteiger partial charge is 0.473 e. The van der Waals surface area contributed by atoms with Crippen LogP contribution in [0.15, 0.2) is 54.6 Å². The smallest absolute Gasteiger partial charge is 0.414 e. The van der Waals surface area contributed by atoms with E-state index in [2.05, 4.69) is 5.32 Å². The molecule has 0 saturated carbocycles. The van der Waals surface area contributed by atoms with E-state index in [0.29, 0.717) is 13.1 Å². The number of hydrogen-bond donors (Lipinski definition) is 3. The van der Waals surface area contributed by atoms with Crippen molar-refractivity contribution in [2.45, 2.75) is 13.1 Å². The monoisotopic (exact) mass is 376 g/mol. The Hall–Kier alpha value is -3.26. The molecule has 8 heteroatoms. The minimum atomic E-state index is -1.82. The Kier molecular flexibility index (Phi) is 9.18. The van der Waals surface area contributed by atoms with Gasteiger partial charge in [-0.2, -0.15) is 0 Å². The van der Waals surface area contributed by atoms with Gasteiger partial charge in [-0.1, -0.05) is 42.5 Å². The van der Waals surface area contributed by atoms with Crippen molar-refractivity contribution in [2.75, 3.05) is 13.6 Å². The maximum Gasteiger partial charge on any atom is 0.414 e. The van der Waals surface area contributed by atoms with Crippen molar-refractivity contribution < 1.29 is 29.0 Å². The van der Waals surface area contributed by atoms with Gasteiger partial charge in [0.25, 0.3) is 0 Å². The van der Waals surface area contributed by atoms with Gasteiger partial charge in [0.2, 0.25) is 5.91 Å². The fraction of sp³-hybridized carbons (Fsp3) is 0.211. The number of carbonyl (C=O) groups excluding carboxylic acids is 1. The van der Waals surface area contributed by atoms with Gasteiger partial charge in [-0.15, -0.1) is 0 Å². The van der Waals surface area contributed by atoms with Gasteiger partial charge in [-0.25, -0.2) is 14.0 Å². The van der Waals surface area contributed by atoms with Crippen LogP contribution in [0.3, 0.4) is 0 Å². The number of hydrogen-bond acceptors (Lipinski definition) is 4. The zero-order valence-corrected chi connectivity index (χ0v) is 14.8. The third-order valence-electron chi connectivity index (χ3n) is 3.27. The molecule has 0 radical (unpaired) electrons. The van der Waals surface area contributed by atoms with Crippen molar-refractivity contribution in [3.8, 4) is 0 Å². The number of benzene rings is 2. The lowest BCUT2D eigenvalue weighted by molar-refractivity contribution is -0.159. The first-order valence-corrected chi connectivity index (χ1v) is 7.97. The summed E-state index contributed by atoms with van der Waals surface area (Å²) in [5.74, 6) is -3.95. The van der Waals surface area contributed by atoms with Crippen LogP contribution in [0.25, 0.3) is 0 Å². The normalized spacial score (nSPS) is 9.89. The summed E-state index contributed by atoms with van der Waals surface area (Å²) in [6, 6.07) is 16.2. The molecule has 0 aliphatic rings. The zero-order valence-electron chi connectivity index (χ0n) is 14.8. The summed E-state index contributed by atoms with van der Waals surface area (Å²) in [6.45, 7) is 1.34. The van der Waals surface area contributed by atoms with Gasteiger partial charge in [-0.05, 0) is 30.3 Å². The number of nitrogens with one attached hydrogen (secondary N) is 1. The molecular weight excluding hydrogens is 355 g/mol. The second-order valence-corrected chi connectivity index (χ2v) is 5.67. The Morgan fingerprint density at radius 3 is 2.11 bits per heavy atom. The number of carbonyl (C=O) groups is 3. The van der Waals surface area contributed by atoms with E-state index < -0.39 is 11.9 Å². The second kappa shape index (κ2) is 11.4. The molecule has 2 aromatic carbocycles. The average Bonchev–Trinajstić information content (AvgIpc) is 2.61. The predicted octanol–water partition coefficient (Wildman–Crippen LogP) is 1.73. The highest BCUT2D eigenvalue weighted by atomic mass is 19.1. The quantitative estimate of drug-likeness (QED) is 0.663. The molecule has 27 heavy (non-hydrogen) atoms. The Bertz CT molecular complexity index is 756. The van der Waals surface area contributed by atoms with Crippen LogP contribution in [0.1, 0.15) is 11.1 Å². The number of likely N-dealkylation sites (N-methyl/N-ethyl adjacent to an activating group) is 1. The molecule has 144 valence electrons. The minimum Gasteiger partial charge on any atom is -0.473 e. The Labute approximate surface area is 156 Å². The number of carboxylic acid groups (broad SMARTS) is 2. The van der Waals surface area contributed by atoms with E-state index >= 15 is 0 Å². The van der Waals surface area contributed by atoms with Gasteiger partial charge in [-0.3, -0.25) is 9.69 Å². The fourth-order valence-electron chi connectivity index (χ4n) is 2.10. The SMILES string of the molecule is CN(CC(=O)NCc1ccccc1)Cc1cccc(F)c1.O=C(O)C(=O)O. The van der Waals surface area contributed by atoms with E-state index in [-0.39, 0.29) is 18.3 Å². The molecule has 0 bridgehead atoms. The van der Waals surface area contributed by atoms with E-state index in [1.54, 1.807) is 6.07 Å². The lowest BCUT2D eigenvalue weighted by atomic mass is 10.2. The van der Waals surface area contributed by atoms with Gasteiger partial charge < -0.3 is 15.5 Å². The van der Waals surface area contributed by atoms with Gasteiger partial charge in [0, 0.05) is 13.1 Å². The van der Waals surface area contributed by atoms with E-state index in [1.165, 1.54) is 12.1 Å². The lowest BCUT2D eigenvalue weighted by Crippen LogP contribution is -2.34. The first-order chi connectivity index (χ1) is 12.8. The highest BCUT2D eigenvalue weighted by molar-refractivity contribution is 6.27.